The largest absolute Gasteiger partial charge is 0.381 e. The van der Waals surface area contributed by atoms with E-state index in [1.54, 1.807) is 6.07 Å². The number of hydrogen-bond donors (Lipinski definition) is 2. The van der Waals surface area contributed by atoms with Crippen LogP contribution >= 0.6 is 15.9 Å². The zero-order valence-corrected chi connectivity index (χ0v) is 10.6. The lowest BCUT2D eigenvalue weighted by Crippen LogP contribution is -2.32. The van der Waals surface area contributed by atoms with E-state index < -0.39 is 0 Å². The summed E-state index contributed by atoms with van der Waals surface area (Å²) in [5, 5.41) is 3.37. The second-order valence-corrected chi connectivity index (χ2v) is 5.23. The molecule has 1 aliphatic rings. The molecule has 2 nitrogen and oxygen atoms in total. The minimum absolute atomic E-state index is 0.210. The smallest absolute Gasteiger partial charge is 0.125 e. The number of rotatable bonds is 2. The summed E-state index contributed by atoms with van der Waals surface area (Å²) in [6.07, 6.45) is 4.21. The fourth-order valence-corrected chi connectivity index (χ4v) is 2.45. The van der Waals surface area contributed by atoms with Crippen LogP contribution in [0.25, 0.3) is 0 Å². The predicted molar refractivity (Wildman–Crippen MR) is 68.0 cm³/mol. The van der Waals surface area contributed by atoms with Gasteiger partial charge in [-0.3, -0.25) is 0 Å². The second kappa shape index (κ2) is 5.15. The van der Waals surface area contributed by atoms with Gasteiger partial charge in [0.1, 0.15) is 5.82 Å². The molecule has 0 radical (unpaired) electrons. The van der Waals surface area contributed by atoms with Crippen LogP contribution in [0.15, 0.2) is 22.7 Å². The SMILES string of the molecule is NC1CCC(Nc2cc(F)ccc2Br)CC1. The molecule has 0 unspecified atom stereocenters. The van der Waals surface area contributed by atoms with Crippen LogP contribution in [0.2, 0.25) is 0 Å². The maximum Gasteiger partial charge on any atom is 0.125 e. The van der Waals surface area contributed by atoms with Crippen LogP contribution in [0.1, 0.15) is 25.7 Å². The average Bonchev–Trinajstić information content (AvgIpc) is 2.27. The molecule has 1 aliphatic carbocycles. The van der Waals surface area contributed by atoms with Crippen molar-refractivity contribution < 1.29 is 4.39 Å². The third kappa shape index (κ3) is 2.95. The summed E-state index contributed by atoms with van der Waals surface area (Å²) in [6, 6.07) is 5.46. The summed E-state index contributed by atoms with van der Waals surface area (Å²) in [7, 11) is 0. The highest BCUT2D eigenvalue weighted by atomic mass is 79.9. The zero-order chi connectivity index (χ0) is 11.5. The van der Waals surface area contributed by atoms with E-state index in [1.165, 1.54) is 12.1 Å². The van der Waals surface area contributed by atoms with E-state index in [1.807, 2.05) is 0 Å². The van der Waals surface area contributed by atoms with Crippen molar-refractivity contribution in [1.29, 1.82) is 0 Å². The second-order valence-electron chi connectivity index (χ2n) is 4.38. The van der Waals surface area contributed by atoms with Crippen LogP contribution in [0.4, 0.5) is 10.1 Å². The molecule has 1 fully saturated rings. The molecule has 0 bridgehead atoms. The molecule has 1 saturated carbocycles. The van der Waals surface area contributed by atoms with E-state index in [2.05, 4.69) is 21.2 Å². The first-order valence-electron chi connectivity index (χ1n) is 5.62. The maximum atomic E-state index is 13.1. The van der Waals surface area contributed by atoms with E-state index in [9.17, 15) is 4.39 Å². The van der Waals surface area contributed by atoms with Crippen LogP contribution < -0.4 is 11.1 Å². The van der Waals surface area contributed by atoms with Gasteiger partial charge in [0.15, 0.2) is 0 Å². The Morgan fingerprint density at radius 1 is 1.25 bits per heavy atom. The van der Waals surface area contributed by atoms with Crippen molar-refractivity contribution in [3.05, 3.63) is 28.5 Å². The Bertz CT molecular complexity index is 362. The van der Waals surface area contributed by atoms with Crippen molar-refractivity contribution in [2.75, 3.05) is 5.32 Å². The van der Waals surface area contributed by atoms with Gasteiger partial charge >= 0.3 is 0 Å². The predicted octanol–water partition coefficient (Wildman–Crippen LogP) is 3.27. The number of nitrogens with two attached hydrogens (primary N) is 1. The van der Waals surface area contributed by atoms with Gasteiger partial charge in [0, 0.05) is 16.6 Å². The highest BCUT2D eigenvalue weighted by Gasteiger charge is 2.18. The first-order chi connectivity index (χ1) is 7.65. The number of halogens is 2. The van der Waals surface area contributed by atoms with Crippen molar-refractivity contribution in [1.82, 2.24) is 0 Å². The van der Waals surface area contributed by atoms with Gasteiger partial charge in [-0.05, 0) is 59.8 Å². The highest BCUT2D eigenvalue weighted by Crippen LogP contribution is 2.27. The van der Waals surface area contributed by atoms with Crippen molar-refractivity contribution in [2.45, 2.75) is 37.8 Å². The van der Waals surface area contributed by atoms with Gasteiger partial charge in [0.05, 0.1) is 5.69 Å². The normalized spacial score (nSPS) is 25.4. The van der Waals surface area contributed by atoms with Crippen LogP contribution in [-0.2, 0) is 0 Å². The molecule has 0 aliphatic heterocycles. The number of nitrogens with one attached hydrogen (secondary N) is 1. The standard InChI is InChI=1S/C12H16BrFN2/c13-11-6-1-8(14)7-12(11)16-10-4-2-9(15)3-5-10/h1,6-7,9-10,16H,2-5,15H2. The summed E-state index contributed by atoms with van der Waals surface area (Å²) >= 11 is 3.42. The average molecular weight is 287 g/mol. The quantitative estimate of drug-likeness (QED) is 0.876. The Morgan fingerprint density at radius 2 is 1.94 bits per heavy atom. The molecular formula is C12H16BrFN2. The fourth-order valence-electron chi connectivity index (χ4n) is 2.09. The Kier molecular flexibility index (Phi) is 3.82. The minimum Gasteiger partial charge on any atom is -0.381 e. The van der Waals surface area contributed by atoms with E-state index in [4.69, 9.17) is 5.73 Å². The van der Waals surface area contributed by atoms with Gasteiger partial charge in [-0.25, -0.2) is 4.39 Å². The monoisotopic (exact) mass is 286 g/mol. The summed E-state index contributed by atoms with van der Waals surface area (Å²) in [5.74, 6) is -0.210. The van der Waals surface area contributed by atoms with E-state index in [0.717, 1.165) is 35.8 Å². The van der Waals surface area contributed by atoms with E-state index >= 15 is 0 Å². The van der Waals surface area contributed by atoms with Gasteiger partial charge < -0.3 is 11.1 Å². The number of hydrogen-bond acceptors (Lipinski definition) is 2. The van der Waals surface area contributed by atoms with E-state index in [-0.39, 0.29) is 5.82 Å². The lowest BCUT2D eigenvalue weighted by molar-refractivity contribution is 0.411. The van der Waals surface area contributed by atoms with Gasteiger partial charge in [-0.15, -0.1) is 0 Å². The van der Waals surface area contributed by atoms with Crippen molar-refractivity contribution in [2.24, 2.45) is 5.73 Å². The summed E-state index contributed by atoms with van der Waals surface area (Å²) in [6.45, 7) is 0. The number of anilines is 1. The topological polar surface area (TPSA) is 38.0 Å². The third-order valence-electron chi connectivity index (χ3n) is 3.06. The molecule has 3 N–H and O–H groups in total. The first-order valence-corrected chi connectivity index (χ1v) is 6.41. The Balaban J connectivity index is 2.00. The lowest BCUT2D eigenvalue weighted by atomic mass is 9.92. The molecule has 0 aromatic heterocycles. The van der Waals surface area contributed by atoms with E-state index in [0.29, 0.717) is 12.1 Å². The van der Waals surface area contributed by atoms with Gasteiger partial charge in [0.2, 0.25) is 0 Å². The Labute approximate surface area is 104 Å². The molecule has 0 atom stereocenters. The molecule has 1 aromatic rings. The molecule has 88 valence electrons. The van der Waals surface area contributed by atoms with Crippen molar-refractivity contribution in [3.8, 4) is 0 Å². The summed E-state index contributed by atoms with van der Waals surface area (Å²) in [5.41, 5.74) is 6.68. The maximum absolute atomic E-state index is 13.1. The van der Waals surface area contributed by atoms with Crippen LogP contribution in [0, 0.1) is 5.82 Å². The lowest BCUT2D eigenvalue weighted by Gasteiger charge is -2.28. The van der Waals surface area contributed by atoms with Crippen molar-refractivity contribution >= 4 is 21.6 Å². The van der Waals surface area contributed by atoms with Crippen LogP contribution in [-0.4, -0.2) is 12.1 Å². The molecule has 2 rings (SSSR count). The molecule has 0 amide bonds. The summed E-state index contributed by atoms with van der Waals surface area (Å²) in [4.78, 5) is 0. The molecule has 0 heterocycles. The third-order valence-corrected chi connectivity index (χ3v) is 3.75. The Hall–Kier alpha value is -0.610. The minimum atomic E-state index is -0.210. The Morgan fingerprint density at radius 3 is 2.62 bits per heavy atom. The molecular weight excluding hydrogens is 271 g/mol. The summed E-state index contributed by atoms with van der Waals surface area (Å²) < 4.78 is 14.0. The van der Waals surface area contributed by atoms with Gasteiger partial charge in [-0.1, -0.05) is 0 Å². The van der Waals surface area contributed by atoms with Crippen LogP contribution in [0.3, 0.4) is 0 Å². The molecule has 0 spiro atoms. The van der Waals surface area contributed by atoms with Crippen LogP contribution in [0.5, 0.6) is 0 Å². The number of benzene rings is 1. The molecule has 1 aromatic carbocycles. The molecule has 16 heavy (non-hydrogen) atoms. The fraction of sp³-hybridized carbons (Fsp3) is 0.500. The van der Waals surface area contributed by atoms with Gasteiger partial charge in [0.25, 0.3) is 0 Å². The molecule has 0 saturated heterocycles. The van der Waals surface area contributed by atoms with Crippen molar-refractivity contribution in [3.63, 3.8) is 0 Å². The first kappa shape index (κ1) is 11.9. The zero-order valence-electron chi connectivity index (χ0n) is 9.05. The van der Waals surface area contributed by atoms with Gasteiger partial charge in [-0.2, -0.15) is 0 Å². The highest BCUT2D eigenvalue weighted by molar-refractivity contribution is 9.10. The molecule has 4 heteroatoms.